The molecule has 0 atom stereocenters. The van der Waals surface area contributed by atoms with Gasteiger partial charge >= 0.3 is 0 Å². The number of nitrogens with two attached hydrogens (primary N) is 1. The van der Waals surface area contributed by atoms with Crippen LogP contribution in [0.2, 0.25) is 0 Å². The molecular weight excluding hydrogens is 193 g/mol. The first-order valence-corrected chi connectivity index (χ1v) is 4.67. The number of nitrogen functional groups attached to an aromatic ring is 1. The number of hydrogen-bond donors (Lipinski definition) is 1. The van der Waals surface area contributed by atoms with Gasteiger partial charge in [0.05, 0.1) is 11.4 Å². The maximum absolute atomic E-state index is 12.7. The van der Waals surface area contributed by atoms with Gasteiger partial charge in [0.15, 0.2) is 0 Å². The number of halogens is 1. The van der Waals surface area contributed by atoms with Gasteiger partial charge in [-0.15, -0.1) is 0 Å². The SMILES string of the molecule is Cc1nn(-c2ccc(F)cc2)c(N)c1C. The zero-order valence-corrected chi connectivity index (χ0v) is 8.66. The van der Waals surface area contributed by atoms with E-state index in [1.165, 1.54) is 12.1 Å². The molecule has 1 aromatic heterocycles. The van der Waals surface area contributed by atoms with Gasteiger partial charge in [-0.25, -0.2) is 9.07 Å². The van der Waals surface area contributed by atoms with Gasteiger partial charge in [-0.3, -0.25) is 0 Å². The summed E-state index contributed by atoms with van der Waals surface area (Å²) in [5.74, 6) is 0.331. The van der Waals surface area contributed by atoms with Crippen molar-refractivity contribution < 1.29 is 4.39 Å². The van der Waals surface area contributed by atoms with Crippen molar-refractivity contribution in [1.82, 2.24) is 9.78 Å². The topological polar surface area (TPSA) is 43.8 Å². The smallest absolute Gasteiger partial charge is 0.130 e. The predicted octanol–water partition coefficient (Wildman–Crippen LogP) is 2.21. The van der Waals surface area contributed by atoms with E-state index in [1.807, 2.05) is 13.8 Å². The molecule has 0 spiro atoms. The molecule has 2 N–H and O–H groups in total. The van der Waals surface area contributed by atoms with E-state index in [0.717, 1.165) is 16.9 Å². The van der Waals surface area contributed by atoms with Crippen LogP contribution in [0, 0.1) is 19.7 Å². The first-order valence-electron chi connectivity index (χ1n) is 4.67. The second-order valence-electron chi connectivity index (χ2n) is 3.48. The molecule has 1 aromatic carbocycles. The van der Waals surface area contributed by atoms with Crippen LogP contribution in [0.5, 0.6) is 0 Å². The summed E-state index contributed by atoms with van der Waals surface area (Å²) in [6.07, 6.45) is 0. The second kappa shape index (κ2) is 3.38. The number of benzene rings is 1. The first kappa shape index (κ1) is 9.71. The minimum atomic E-state index is -0.266. The maximum atomic E-state index is 12.7. The van der Waals surface area contributed by atoms with Gasteiger partial charge in [-0.2, -0.15) is 5.10 Å². The van der Waals surface area contributed by atoms with Crippen LogP contribution in [-0.4, -0.2) is 9.78 Å². The van der Waals surface area contributed by atoms with E-state index >= 15 is 0 Å². The van der Waals surface area contributed by atoms with Crippen molar-refractivity contribution >= 4 is 5.82 Å². The van der Waals surface area contributed by atoms with E-state index in [9.17, 15) is 4.39 Å². The highest BCUT2D eigenvalue weighted by molar-refractivity contribution is 5.48. The van der Waals surface area contributed by atoms with Crippen LogP contribution < -0.4 is 5.73 Å². The molecule has 2 rings (SSSR count). The summed E-state index contributed by atoms with van der Waals surface area (Å²) in [5, 5.41) is 4.28. The summed E-state index contributed by atoms with van der Waals surface area (Å²) < 4.78 is 14.3. The van der Waals surface area contributed by atoms with Crippen LogP contribution in [0.25, 0.3) is 5.69 Å². The summed E-state index contributed by atoms with van der Waals surface area (Å²) in [5.41, 5.74) is 8.49. The molecule has 0 bridgehead atoms. The van der Waals surface area contributed by atoms with Crippen LogP contribution >= 0.6 is 0 Å². The molecule has 0 saturated carbocycles. The largest absolute Gasteiger partial charge is 0.383 e. The lowest BCUT2D eigenvalue weighted by molar-refractivity contribution is 0.627. The minimum absolute atomic E-state index is 0.266. The van der Waals surface area contributed by atoms with E-state index < -0.39 is 0 Å². The van der Waals surface area contributed by atoms with Gasteiger partial charge in [0.1, 0.15) is 11.6 Å². The molecule has 4 heteroatoms. The molecule has 0 fully saturated rings. The van der Waals surface area contributed by atoms with Gasteiger partial charge in [0, 0.05) is 5.56 Å². The van der Waals surface area contributed by atoms with E-state index in [4.69, 9.17) is 5.73 Å². The van der Waals surface area contributed by atoms with Crippen molar-refractivity contribution in [3.63, 3.8) is 0 Å². The molecule has 78 valence electrons. The fourth-order valence-electron chi connectivity index (χ4n) is 1.40. The summed E-state index contributed by atoms with van der Waals surface area (Å²) in [6.45, 7) is 3.81. The number of anilines is 1. The lowest BCUT2D eigenvalue weighted by Gasteiger charge is -2.03. The Hall–Kier alpha value is -1.84. The van der Waals surface area contributed by atoms with E-state index in [1.54, 1.807) is 16.8 Å². The molecule has 0 saturated heterocycles. The van der Waals surface area contributed by atoms with E-state index in [0.29, 0.717) is 5.82 Å². The Bertz CT molecular complexity index is 485. The molecule has 0 unspecified atom stereocenters. The highest BCUT2D eigenvalue weighted by Crippen LogP contribution is 2.19. The Balaban J connectivity index is 2.54. The zero-order chi connectivity index (χ0) is 11.0. The number of rotatable bonds is 1. The third-order valence-electron chi connectivity index (χ3n) is 2.48. The van der Waals surface area contributed by atoms with Gasteiger partial charge < -0.3 is 5.73 Å². The molecule has 0 amide bonds. The zero-order valence-electron chi connectivity index (χ0n) is 8.66. The number of aryl methyl sites for hydroxylation is 1. The van der Waals surface area contributed by atoms with Gasteiger partial charge in [-0.1, -0.05) is 0 Å². The number of hydrogen-bond acceptors (Lipinski definition) is 2. The molecule has 2 aromatic rings. The van der Waals surface area contributed by atoms with Crippen LogP contribution in [-0.2, 0) is 0 Å². The maximum Gasteiger partial charge on any atom is 0.130 e. The molecular formula is C11H12FN3. The average molecular weight is 205 g/mol. The van der Waals surface area contributed by atoms with Crippen LogP contribution in [0.1, 0.15) is 11.3 Å². The van der Waals surface area contributed by atoms with Crippen LogP contribution in [0.3, 0.4) is 0 Å². The Kier molecular flexibility index (Phi) is 2.19. The van der Waals surface area contributed by atoms with Crippen molar-refractivity contribution in [2.45, 2.75) is 13.8 Å². The first-order chi connectivity index (χ1) is 7.09. The lowest BCUT2D eigenvalue weighted by Crippen LogP contribution is -2.02. The monoisotopic (exact) mass is 205 g/mol. The molecule has 0 aliphatic carbocycles. The highest BCUT2D eigenvalue weighted by atomic mass is 19.1. The summed E-state index contributed by atoms with van der Waals surface area (Å²) in [4.78, 5) is 0. The third kappa shape index (κ3) is 1.58. The van der Waals surface area contributed by atoms with Crippen molar-refractivity contribution in [3.05, 3.63) is 41.3 Å². The Morgan fingerprint density at radius 2 is 1.80 bits per heavy atom. The van der Waals surface area contributed by atoms with Crippen molar-refractivity contribution in [2.75, 3.05) is 5.73 Å². The van der Waals surface area contributed by atoms with Gasteiger partial charge in [-0.05, 0) is 38.1 Å². The highest BCUT2D eigenvalue weighted by Gasteiger charge is 2.09. The Morgan fingerprint density at radius 1 is 1.20 bits per heavy atom. The Morgan fingerprint density at radius 3 is 2.27 bits per heavy atom. The molecule has 1 heterocycles. The fourth-order valence-corrected chi connectivity index (χ4v) is 1.40. The van der Waals surface area contributed by atoms with Gasteiger partial charge in [0.2, 0.25) is 0 Å². The number of aromatic nitrogens is 2. The van der Waals surface area contributed by atoms with E-state index in [-0.39, 0.29) is 5.82 Å². The normalized spacial score (nSPS) is 10.6. The molecule has 15 heavy (non-hydrogen) atoms. The summed E-state index contributed by atoms with van der Waals surface area (Å²) in [6, 6.07) is 6.08. The van der Waals surface area contributed by atoms with Crippen molar-refractivity contribution in [2.24, 2.45) is 0 Å². The van der Waals surface area contributed by atoms with Crippen molar-refractivity contribution in [3.8, 4) is 5.69 Å². The summed E-state index contributed by atoms with van der Waals surface area (Å²) in [7, 11) is 0. The quantitative estimate of drug-likeness (QED) is 0.775. The average Bonchev–Trinajstić information content (AvgIpc) is 2.47. The molecule has 0 aliphatic heterocycles. The van der Waals surface area contributed by atoms with Crippen LogP contribution in [0.15, 0.2) is 24.3 Å². The molecule has 0 radical (unpaired) electrons. The lowest BCUT2D eigenvalue weighted by atomic mass is 10.3. The van der Waals surface area contributed by atoms with Crippen LogP contribution in [0.4, 0.5) is 10.2 Å². The van der Waals surface area contributed by atoms with Gasteiger partial charge in [0.25, 0.3) is 0 Å². The molecule has 0 aliphatic rings. The standard InChI is InChI=1S/C11H12FN3/c1-7-8(2)14-15(11(7)13)10-5-3-9(12)4-6-10/h3-6H,13H2,1-2H3. The fraction of sp³-hybridized carbons (Fsp3) is 0.182. The Labute approximate surface area is 87.3 Å². The minimum Gasteiger partial charge on any atom is -0.383 e. The molecule has 3 nitrogen and oxygen atoms in total. The third-order valence-corrected chi connectivity index (χ3v) is 2.48. The summed E-state index contributed by atoms with van der Waals surface area (Å²) >= 11 is 0. The number of nitrogens with zero attached hydrogens (tertiary/aromatic N) is 2. The van der Waals surface area contributed by atoms with E-state index in [2.05, 4.69) is 5.10 Å². The second-order valence-corrected chi connectivity index (χ2v) is 3.48. The predicted molar refractivity (Wildman–Crippen MR) is 57.4 cm³/mol. The van der Waals surface area contributed by atoms with Crippen molar-refractivity contribution in [1.29, 1.82) is 0 Å².